The minimum Gasteiger partial charge on any atom is -0.530 e. The van der Waals surface area contributed by atoms with Crippen LogP contribution in [0.3, 0.4) is 0 Å². The summed E-state index contributed by atoms with van der Waals surface area (Å²) in [6, 6.07) is 0.162. The van der Waals surface area contributed by atoms with Gasteiger partial charge in [0.15, 0.2) is 0 Å². The molecule has 0 aromatic rings. The molecule has 0 amide bonds. The fourth-order valence-corrected chi connectivity index (χ4v) is 0.220. The van der Waals surface area contributed by atoms with Crippen LogP contribution in [0, 0.1) is 38.0 Å². The summed E-state index contributed by atoms with van der Waals surface area (Å²) in [4.78, 5) is 3.76. The van der Waals surface area contributed by atoms with Gasteiger partial charge in [-0.05, 0) is 0 Å². The molecule has 2 heteroatoms. The van der Waals surface area contributed by atoms with Crippen LogP contribution >= 0.6 is 0 Å². The van der Waals surface area contributed by atoms with E-state index >= 15 is 0 Å². The fourth-order valence-electron chi connectivity index (χ4n) is 0.220. The van der Waals surface area contributed by atoms with E-state index in [1.54, 1.807) is 6.92 Å². The van der Waals surface area contributed by atoms with E-state index in [-0.39, 0.29) is 37.2 Å². The SMILES string of the molecule is [CH2-]C(C)N=[C-]C.[U+2]. The molecule has 0 rings (SSSR count). The summed E-state index contributed by atoms with van der Waals surface area (Å²) in [6.07, 6.45) is 2.63. The Kier molecular flexibility index (Phi) is 10.2. The molecule has 0 radical (unpaired) electrons. The van der Waals surface area contributed by atoms with Crippen molar-refractivity contribution >= 4 is 6.21 Å². The largest absolute Gasteiger partial charge is 2.00 e. The Labute approximate surface area is 69.0 Å². The van der Waals surface area contributed by atoms with Crippen LogP contribution in [0.1, 0.15) is 13.8 Å². The number of hydrogen-bond acceptors (Lipinski definition) is 1. The zero-order chi connectivity index (χ0) is 4.99. The number of hydrogen-bond donors (Lipinski definition) is 0. The van der Waals surface area contributed by atoms with Crippen molar-refractivity contribution in [1.29, 1.82) is 0 Å². The molecule has 0 aliphatic carbocycles. The molecule has 38 valence electrons. The second kappa shape index (κ2) is 6.72. The van der Waals surface area contributed by atoms with Crippen LogP contribution in [0.2, 0.25) is 0 Å². The first-order chi connectivity index (χ1) is 2.77. The molecule has 0 bridgehead atoms. The van der Waals surface area contributed by atoms with Crippen LogP contribution in [-0.2, 0) is 0 Å². The molecule has 0 aromatic heterocycles. The van der Waals surface area contributed by atoms with Gasteiger partial charge in [0.2, 0.25) is 0 Å². The summed E-state index contributed by atoms with van der Waals surface area (Å²) >= 11 is 0. The zero-order valence-corrected chi connectivity index (χ0v) is 8.90. The smallest absolute Gasteiger partial charge is 0.530 e. The van der Waals surface area contributed by atoms with Crippen LogP contribution in [0.25, 0.3) is 0 Å². The minimum atomic E-state index is 0. The average molecular weight is 321 g/mol. The predicted molar refractivity (Wildman–Crippen MR) is 27.9 cm³/mol. The number of nitrogens with zero attached hydrogens (tertiary/aromatic N) is 1. The first-order valence-electron chi connectivity index (χ1n) is 1.97. The maximum Gasteiger partial charge on any atom is 2.00 e. The van der Waals surface area contributed by atoms with Crippen LogP contribution < -0.4 is 0 Å². The van der Waals surface area contributed by atoms with Crippen molar-refractivity contribution in [2.45, 2.75) is 19.9 Å². The molecule has 0 N–H and O–H groups in total. The van der Waals surface area contributed by atoms with Gasteiger partial charge in [0.05, 0.1) is 0 Å². The average Bonchev–Trinajstić information content (AvgIpc) is 1.35. The molecule has 0 aliphatic heterocycles. The Morgan fingerprint density at radius 1 is 1.71 bits per heavy atom. The van der Waals surface area contributed by atoms with E-state index in [1.807, 2.05) is 6.92 Å². The fraction of sp³-hybridized carbons (Fsp3) is 0.600. The molecular formula is C5H9NU. The third-order valence-corrected chi connectivity index (χ3v) is 0.349. The van der Waals surface area contributed by atoms with Gasteiger partial charge in [0, 0.05) is 0 Å². The van der Waals surface area contributed by atoms with Crippen LogP contribution in [0.5, 0.6) is 0 Å². The first-order valence-corrected chi connectivity index (χ1v) is 1.97. The summed E-state index contributed by atoms with van der Waals surface area (Å²) in [6.45, 7) is 7.28. The molecule has 1 unspecified atom stereocenters. The zero-order valence-electron chi connectivity index (χ0n) is 4.73. The van der Waals surface area contributed by atoms with Gasteiger partial charge in [-0.2, -0.15) is 6.92 Å². The molecule has 0 saturated carbocycles. The van der Waals surface area contributed by atoms with E-state index in [1.165, 1.54) is 0 Å². The van der Waals surface area contributed by atoms with Gasteiger partial charge >= 0.3 is 31.1 Å². The standard InChI is InChI=1S/C5H9N.U/c1-4-6-5(2)3;/h5H,2H2,1,3H3;/q-2;+2. The molecule has 0 spiro atoms. The van der Waals surface area contributed by atoms with Crippen LogP contribution in [0.4, 0.5) is 0 Å². The summed E-state index contributed by atoms with van der Waals surface area (Å²) in [5.41, 5.74) is 0. The quantitative estimate of drug-likeness (QED) is 0.508. The minimum absolute atomic E-state index is 0. The topological polar surface area (TPSA) is 12.4 Å². The van der Waals surface area contributed by atoms with E-state index in [0.717, 1.165) is 0 Å². The summed E-state index contributed by atoms with van der Waals surface area (Å²) < 4.78 is 0. The van der Waals surface area contributed by atoms with Gasteiger partial charge in [-0.3, -0.25) is 0 Å². The van der Waals surface area contributed by atoms with E-state index in [4.69, 9.17) is 0 Å². The monoisotopic (exact) mass is 321 g/mol. The summed E-state index contributed by atoms with van der Waals surface area (Å²) in [5.74, 6) is 0. The second-order valence-electron chi connectivity index (χ2n) is 1.20. The maximum atomic E-state index is 3.76. The van der Waals surface area contributed by atoms with Crippen LogP contribution in [-0.4, -0.2) is 12.3 Å². The van der Waals surface area contributed by atoms with Gasteiger partial charge in [-0.1, -0.05) is 6.92 Å². The van der Waals surface area contributed by atoms with Gasteiger partial charge in [-0.25, -0.2) is 0 Å². The third kappa shape index (κ3) is 10.8. The Bertz CT molecular complexity index is 50.0. The van der Waals surface area contributed by atoms with E-state index in [2.05, 4.69) is 18.1 Å². The van der Waals surface area contributed by atoms with E-state index < -0.39 is 0 Å². The van der Waals surface area contributed by atoms with Gasteiger partial charge in [0.25, 0.3) is 0 Å². The molecule has 0 aliphatic rings. The van der Waals surface area contributed by atoms with E-state index in [9.17, 15) is 0 Å². The van der Waals surface area contributed by atoms with Crippen molar-refractivity contribution in [3.8, 4) is 0 Å². The molecule has 1 nitrogen and oxygen atoms in total. The molecule has 7 heavy (non-hydrogen) atoms. The third-order valence-electron chi connectivity index (χ3n) is 0.349. The van der Waals surface area contributed by atoms with Crippen molar-refractivity contribution in [2.24, 2.45) is 4.99 Å². The summed E-state index contributed by atoms with van der Waals surface area (Å²) in [5, 5.41) is 0. The normalized spacial score (nSPS) is 13.6. The van der Waals surface area contributed by atoms with E-state index in [0.29, 0.717) is 0 Å². The van der Waals surface area contributed by atoms with Crippen molar-refractivity contribution in [3.63, 3.8) is 0 Å². The number of aliphatic imine (C=N–C) groups is 1. The molecular weight excluding hydrogens is 312 g/mol. The van der Waals surface area contributed by atoms with Gasteiger partial charge in [-0.15, -0.1) is 6.04 Å². The summed E-state index contributed by atoms with van der Waals surface area (Å²) in [7, 11) is 0. The Balaban J connectivity index is 0. The van der Waals surface area contributed by atoms with Crippen molar-refractivity contribution < 1.29 is 31.1 Å². The molecule has 0 fully saturated rings. The Morgan fingerprint density at radius 2 is 2.14 bits per heavy atom. The van der Waals surface area contributed by atoms with Crippen molar-refractivity contribution in [2.75, 3.05) is 0 Å². The molecule has 1 atom stereocenters. The Morgan fingerprint density at radius 3 is 2.14 bits per heavy atom. The van der Waals surface area contributed by atoms with Gasteiger partial charge in [0.1, 0.15) is 0 Å². The van der Waals surface area contributed by atoms with Crippen molar-refractivity contribution in [3.05, 3.63) is 6.92 Å². The second-order valence-corrected chi connectivity index (χ2v) is 1.20. The first kappa shape index (κ1) is 10.7. The van der Waals surface area contributed by atoms with Crippen LogP contribution in [0.15, 0.2) is 4.99 Å². The maximum absolute atomic E-state index is 3.76. The number of rotatable bonds is 1. The molecule has 0 aromatic carbocycles. The molecule has 0 heterocycles. The molecule has 0 saturated heterocycles. The van der Waals surface area contributed by atoms with Gasteiger partial charge < -0.3 is 18.1 Å². The van der Waals surface area contributed by atoms with Crippen molar-refractivity contribution in [1.82, 2.24) is 0 Å². The predicted octanol–water partition coefficient (Wildman–Crippen LogP) is 1.18. The Hall–Kier alpha value is 0.722.